The van der Waals surface area contributed by atoms with Crippen LogP contribution in [0.1, 0.15) is 19.8 Å². The maximum atomic E-state index is 8.88. The van der Waals surface area contributed by atoms with Gasteiger partial charge in [-0.2, -0.15) is 5.26 Å². The van der Waals surface area contributed by atoms with Crippen molar-refractivity contribution in [2.45, 2.75) is 25.3 Å². The second-order valence-corrected chi connectivity index (χ2v) is 2.88. The number of hydrogen-bond donors (Lipinski definition) is 1. The second kappa shape index (κ2) is 3.70. The van der Waals surface area contributed by atoms with Gasteiger partial charge >= 0.3 is 0 Å². The molecule has 11 heavy (non-hydrogen) atoms. The van der Waals surface area contributed by atoms with Crippen LogP contribution in [0.2, 0.25) is 0 Å². The van der Waals surface area contributed by atoms with E-state index < -0.39 is 5.54 Å². The van der Waals surface area contributed by atoms with Crippen LogP contribution in [0.3, 0.4) is 0 Å². The van der Waals surface area contributed by atoms with Gasteiger partial charge in [-0.15, -0.1) is 0 Å². The maximum Gasteiger partial charge on any atom is 0.130 e. The van der Waals surface area contributed by atoms with Crippen molar-refractivity contribution in [3.63, 3.8) is 0 Å². The van der Waals surface area contributed by atoms with Gasteiger partial charge in [-0.25, -0.2) is 0 Å². The summed E-state index contributed by atoms with van der Waals surface area (Å²) in [4.78, 5) is 0. The number of nitriles is 1. The van der Waals surface area contributed by atoms with E-state index >= 15 is 0 Å². The van der Waals surface area contributed by atoms with E-state index in [9.17, 15) is 0 Å². The molecule has 0 aromatic rings. The minimum atomic E-state index is -0.396. The second-order valence-electron chi connectivity index (χ2n) is 2.88. The van der Waals surface area contributed by atoms with Crippen molar-refractivity contribution in [3.8, 4) is 6.07 Å². The van der Waals surface area contributed by atoms with Gasteiger partial charge in [0.2, 0.25) is 0 Å². The molecule has 1 aliphatic heterocycles. The van der Waals surface area contributed by atoms with Gasteiger partial charge in [-0.05, 0) is 19.4 Å². The quantitative estimate of drug-likeness (QED) is 0.635. The Balaban J connectivity index is 2.51. The fraction of sp³-hybridized carbons (Fsp3) is 0.875. The van der Waals surface area contributed by atoms with Crippen molar-refractivity contribution >= 4 is 0 Å². The van der Waals surface area contributed by atoms with Gasteiger partial charge in [-0.1, -0.05) is 6.92 Å². The molecule has 1 aliphatic rings. The van der Waals surface area contributed by atoms with Crippen LogP contribution in [-0.2, 0) is 4.74 Å². The van der Waals surface area contributed by atoms with E-state index in [1.807, 2.05) is 6.92 Å². The fourth-order valence-corrected chi connectivity index (χ4v) is 1.40. The van der Waals surface area contributed by atoms with Crippen molar-refractivity contribution in [2.24, 2.45) is 0 Å². The topological polar surface area (TPSA) is 45.0 Å². The molecular formula is C8H14N2O. The molecule has 1 fully saturated rings. The highest BCUT2D eigenvalue weighted by Crippen LogP contribution is 2.17. The Kier molecular flexibility index (Phi) is 2.86. The van der Waals surface area contributed by atoms with E-state index in [0.29, 0.717) is 6.61 Å². The minimum Gasteiger partial charge on any atom is -0.378 e. The van der Waals surface area contributed by atoms with Crippen LogP contribution in [0, 0.1) is 11.3 Å². The summed E-state index contributed by atoms with van der Waals surface area (Å²) in [6.45, 7) is 4.18. The Morgan fingerprint density at radius 3 is 3.00 bits per heavy atom. The maximum absolute atomic E-state index is 8.88. The summed E-state index contributed by atoms with van der Waals surface area (Å²) in [6.07, 6.45) is 1.90. The van der Waals surface area contributed by atoms with Crippen molar-refractivity contribution in [2.75, 3.05) is 19.8 Å². The summed E-state index contributed by atoms with van der Waals surface area (Å²) in [7, 11) is 0. The average Bonchev–Trinajstić information content (AvgIpc) is 2.07. The van der Waals surface area contributed by atoms with Crippen LogP contribution < -0.4 is 5.32 Å². The Hall–Kier alpha value is -0.590. The van der Waals surface area contributed by atoms with E-state index in [4.69, 9.17) is 10.00 Å². The first-order chi connectivity index (χ1) is 5.33. The van der Waals surface area contributed by atoms with Gasteiger partial charge in [0.05, 0.1) is 12.7 Å². The summed E-state index contributed by atoms with van der Waals surface area (Å²) in [5.74, 6) is 0. The van der Waals surface area contributed by atoms with E-state index in [1.54, 1.807) is 0 Å². The van der Waals surface area contributed by atoms with Crippen molar-refractivity contribution < 1.29 is 4.74 Å². The van der Waals surface area contributed by atoms with Gasteiger partial charge in [0.15, 0.2) is 0 Å². The van der Waals surface area contributed by atoms with E-state index in [0.717, 1.165) is 26.0 Å². The molecule has 1 heterocycles. The Morgan fingerprint density at radius 2 is 2.55 bits per heavy atom. The highest BCUT2D eigenvalue weighted by atomic mass is 16.5. The van der Waals surface area contributed by atoms with Crippen molar-refractivity contribution in [3.05, 3.63) is 0 Å². The molecule has 1 unspecified atom stereocenters. The molecular weight excluding hydrogens is 140 g/mol. The summed E-state index contributed by atoms with van der Waals surface area (Å²) < 4.78 is 5.24. The van der Waals surface area contributed by atoms with Crippen LogP contribution >= 0.6 is 0 Å². The number of likely N-dealkylation sites (N-methyl/N-ethyl adjacent to an activating group) is 1. The molecule has 0 aliphatic carbocycles. The first kappa shape index (κ1) is 8.51. The summed E-state index contributed by atoms with van der Waals surface area (Å²) in [5, 5.41) is 12.0. The molecule has 1 N–H and O–H groups in total. The number of hydrogen-bond acceptors (Lipinski definition) is 3. The molecule has 0 saturated carbocycles. The SMILES string of the molecule is CCNC1(C#N)CCCOC1. The van der Waals surface area contributed by atoms with Crippen LogP contribution in [0.4, 0.5) is 0 Å². The molecule has 0 radical (unpaired) electrons. The monoisotopic (exact) mass is 154 g/mol. The van der Waals surface area contributed by atoms with Crippen LogP contribution in [0.25, 0.3) is 0 Å². The molecule has 3 nitrogen and oxygen atoms in total. The zero-order chi connectivity index (χ0) is 8.16. The zero-order valence-electron chi connectivity index (χ0n) is 6.89. The first-order valence-electron chi connectivity index (χ1n) is 4.07. The molecule has 0 spiro atoms. The Morgan fingerprint density at radius 1 is 1.73 bits per heavy atom. The Labute approximate surface area is 67.3 Å². The lowest BCUT2D eigenvalue weighted by atomic mass is 9.94. The predicted molar refractivity (Wildman–Crippen MR) is 42.1 cm³/mol. The highest BCUT2D eigenvalue weighted by Gasteiger charge is 2.31. The van der Waals surface area contributed by atoms with Gasteiger partial charge in [0.25, 0.3) is 0 Å². The molecule has 1 rings (SSSR count). The lowest BCUT2D eigenvalue weighted by molar-refractivity contribution is 0.0450. The smallest absolute Gasteiger partial charge is 0.130 e. The van der Waals surface area contributed by atoms with E-state index in [-0.39, 0.29) is 0 Å². The summed E-state index contributed by atoms with van der Waals surface area (Å²) in [6, 6.07) is 2.28. The van der Waals surface area contributed by atoms with Gasteiger partial charge in [-0.3, -0.25) is 5.32 Å². The third-order valence-corrected chi connectivity index (χ3v) is 1.97. The van der Waals surface area contributed by atoms with Crippen molar-refractivity contribution in [1.82, 2.24) is 5.32 Å². The first-order valence-corrected chi connectivity index (χ1v) is 4.07. The molecule has 1 atom stereocenters. The van der Waals surface area contributed by atoms with Gasteiger partial charge in [0, 0.05) is 6.61 Å². The molecule has 1 saturated heterocycles. The molecule has 0 aromatic heterocycles. The van der Waals surface area contributed by atoms with E-state index in [2.05, 4.69) is 11.4 Å². The zero-order valence-corrected chi connectivity index (χ0v) is 6.89. The van der Waals surface area contributed by atoms with Gasteiger partial charge < -0.3 is 4.74 Å². The Bertz CT molecular complexity index is 150. The van der Waals surface area contributed by atoms with Gasteiger partial charge in [0.1, 0.15) is 5.54 Å². The third kappa shape index (κ3) is 1.92. The van der Waals surface area contributed by atoms with Crippen molar-refractivity contribution in [1.29, 1.82) is 5.26 Å². The number of rotatable bonds is 2. The number of nitrogens with zero attached hydrogens (tertiary/aromatic N) is 1. The standard InChI is InChI=1S/C8H14N2O/c1-2-10-8(6-9)4-3-5-11-7-8/h10H,2-5,7H2,1H3. The average molecular weight is 154 g/mol. The summed E-state index contributed by atoms with van der Waals surface area (Å²) >= 11 is 0. The number of ether oxygens (including phenoxy) is 1. The normalized spacial score (nSPS) is 31.3. The molecule has 0 amide bonds. The highest BCUT2D eigenvalue weighted by molar-refractivity contribution is 5.08. The number of nitrogens with one attached hydrogen (secondary N) is 1. The fourth-order valence-electron chi connectivity index (χ4n) is 1.40. The largest absolute Gasteiger partial charge is 0.378 e. The predicted octanol–water partition coefficient (Wildman–Crippen LogP) is 0.669. The molecule has 0 aromatic carbocycles. The lowest BCUT2D eigenvalue weighted by Gasteiger charge is -2.30. The molecule has 62 valence electrons. The minimum absolute atomic E-state index is 0.396. The van der Waals surface area contributed by atoms with Crippen LogP contribution in [-0.4, -0.2) is 25.3 Å². The third-order valence-electron chi connectivity index (χ3n) is 1.97. The molecule has 3 heteroatoms. The van der Waals surface area contributed by atoms with E-state index in [1.165, 1.54) is 0 Å². The lowest BCUT2D eigenvalue weighted by Crippen LogP contribution is -2.50. The van der Waals surface area contributed by atoms with Crippen LogP contribution in [0.15, 0.2) is 0 Å². The molecule has 0 bridgehead atoms. The summed E-state index contributed by atoms with van der Waals surface area (Å²) in [5.41, 5.74) is -0.396. The van der Waals surface area contributed by atoms with Crippen LogP contribution in [0.5, 0.6) is 0 Å².